The number of ether oxygens (including phenoxy) is 1. The summed E-state index contributed by atoms with van der Waals surface area (Å²) >= 11 is 12.7. The van der Waals surface area contributed by atoms with E-state index in [-0.39, 0.29) is 18.0 Å². The molecule has 2 unspecified atom stereocenters. The number of H-pyrrole nitrogens is 1. The van der Waals surface area contributed by atoms with Gasteiger partial charge < -0.3 is 19.4 Å². The van der Waals surface area contributed by atoms with Crippen LogP contribution in [0, 0.1) is 0 Å². The van der Waals surface area contributed by atoms with E-state index in [0.717, 1.165) is 29.5 Å². The van der Waals surface area contributed by atoms with Gasteiger partial charge in [0.2, 0.25) is 5.91 Å². The van der Waals surface area contributed by atoms with E-state index >= 15 is 0 Å². The maximum absolute atomic E-state index is 14.1. The van der Waals surface area contributed by atoms with Crippen LogP contribution in [0.3, 0.4) is 0 Å². The Bertz CT molecular complexity index is 1310. The lowest BCUT2D eigenvalue weighted by atomic mass is 9.88. The molecule has 3 aromatic rings. The van der Waals surface area contributed by atoms with Gasteiger partial charge in [0.05, 0.1) is 40.4 Å². The van der Waals surface area contributed by atoms with Crippen molar-refractivity contribution < 1.29 is 14.3 Å². The number of pyridine rings is 1. The predicted molar refractivity (Wildman–Crippen MR) is 148 cm³/mol. The summed E-state index contributed by atoms with van der Waals surface area (Å²) in [7, 11) is 0. The molecule has 9 nitrogen and oxygen atoms in total. The van der Waals surface area contributed by atoms with Crippen molar-refractivity contribution in [3.05, 3.63) is 52.3 Å². The molecule has 0 radical (unpaired) electrons. The van der Waals surface area contributed by atoms with Gasteiger partial charge in [0.25, 0.3) is 0 Å². The predicted octanol–water partition coefficient (Wildman–Crippen LogP) is 5.10. The molecule has 2 fully saturated rings. The first kappa shape index (κ1) is 26.6. The number of carbonyl (C=O) groups excluding carboxylic acids is 2. The number of hydrogen-bond acceptors (Lipinski definition) is 6. The summed E-state index contributed by atoms with van der Waals surface area (Å²) in [5, 5.41) is 9.00. The Morgan fingerprint density at radius 1 is 1.05 bits per heavy atom. The smallest absolute Gasteiger partial charge is 0.410 e. The molecular formula is C27H32Cl2N6O3. The molecule has 2 aromatic heterocycles. The van der Waals surface area contributed by atoms with E-state index in [4.69, 9.17) is 27.9 Å². The third-order valence-corrected chi connectivity index (χ3v) is 7.65. The van der Waals surface area contributed by atoms with Gasteiger partial charge in [-0.05, 0) is 51.3 Å². The minimum atomic E-state index is -0.616. The lowest BCUT2D eigenvalue weighted by Crippen LogP contribution is -2.53. The van der Waals surface area contributed by atoms with Crippen molar-refractivity contribution in [2.75, 3.05) is 37.6 Å². The summed E-state index contributed by atoms with van der Waals surface area (Å²) in [6.07, 6.45) is 4.51. The van der Waals surface area contributed by atoms with Gasteiger partial charge in [0.15, 0.2) is 5.65 Å². The molecule has 0 bridgehead atoms. The molecular weight excluding hydrogens is 527 g/mol. The number of rotatable bonds is 4. The van der Waals surface area contributed by atoms with Gasteiger partial charge in [-0.3, -0.25) is 9.89 Å². The highest BCUT2D eigenvalue weighted by Crippen LogP contribution is 2.36. The maximum Gasteiger partial charge on any atom is 0.410 e. The fraction of sp³-hybridized carbons (Fsp3) is 0.481. The molecule has 38 heavy (non-hydrogen) atoms. The van der Waals surface area contributed by atoms with Crippen molar-refractivity contribution in [1.82, 2.24) is 25.0 Å². The topological polar surface area (TPSA) is 94.7 Å². The summed E-state index contributed by atoms with van der Waals surface area (Å²) in [6.45, 7) is 8.40. The Hall–Kier alpha value is -3.04. The van der Waals surface area contributed by atoms with Crippen LogP contribution in [0.15, 0.2) is 36.7 Å². The molecule has 1 aromatic carbocycles. The lowest BCUT2D eigenvalue weighted by Gasteiger charge is -2.40. The number of halogens is 2. The van der Waals surface area contributed by atoms with Crippen LogP contribution in [0.25, 0.3) is 11.0 Å². The highest BCUT2D eigenvalue weighted by Gasteiger charge is 2.43. The number of piperazine rings is 1. The third-order valence-electron chi connectivity index (χ3n) is 7.12. The average Bonchev–Trinajstić information content (AvgIpc) is 3.54. The van der Waals surface area contributed by atoms with E-state index in [2.05, 4.69) is 20.1 Å². The van der Waals surface area contributed by atoms with Crippen LogP contribution < -0.4 is 4.90 Å². The summed E-state index contributed by atoms with van der Waals surface area (Å²) in [6, 6.07) is 7.07. The van der Waals surface area contributed by atoms with Crippen LogP contribution in [0.4, 0.5) is 10.5 Å². The van der Waals surface area contributed by atoms with Gasteiger partial charge in [0, 0.05) is 37.7 Å². The molecule has 202 valence electrons. The molecule has 0 spiro atoms. The summed E-state index contributed by atoms with van der Waals surface area (Å²) in [5.74, 6) is -0.513. The first-order valence-electron chi connectivity index (χ1n) is 12.9. The van der Waals surface area contributed by atoms with Gasteiger partial charge in [-0.1, -0.05) is 35.3 Å². The molecule has 2 aliphatic heterocycles. The van der Waals surface area contributed by atoms with E-state index in [1.54, 1.807) is 29.4 Å². The summed E-state index contributed by atoms with van der Waals surface area (Å²) in [4.78, 5) is 37.3. The van der Waals surface area contributed by atoms with Crippen LogP contribution >= 0.6 is 23.2 Å². The molecule has 2 atom stereocenters. The number of benzene rings is 1. The standard InChI is InChI=1S/C27H32Cl2N6O3/c1-27(2,3)38-26(37)35-10-4-5-21(35)22(17-6-8-18(28)9-7-17)25(36)34-13-11-33(12-14-34)23-19-15-31-32-24(19)30-16-20(23)29/h6-9,15-16,21-22H,4-5,10-14H2,1-3H3,(H,30,31,32). The van der Waals surface area contributed by atoms with Gasteiger partial charge in [-0.2, -0.15) is 5.10 Å². The molecule has 0 aliphatic carbocycles. The van der Waals surface area contributed by atoms with Crippen LogP contribution in [0.2, 0.25) is 10.0 Å². The third kappa shape index (κ3) is 5.40. The number of fused-ring (bicyclic) bond motifs is 1. The van der Waals surface area contributed by atoms with Crippen LogP contribution in [-0.4, -0.2) is 81.3 Å². The molecule has 2 amide bonds. The highest BCUT2D eigenvalue weighted by molar-refractivity contribution is 6.34. The molecule has 2 aliphatic rings. The van der Waals surface area contributed by atoms with Crippen molar-refractivity contribution in [2.24, 2.45) is 0 Å². The number of hydrogen-bond donors (Lipinski definition) is 1. The van der Waals surface area contributed by atoms with E-state index in [1.165, 1.54) is 0 Å². The van der Waals surface area contributed by atoms with Crippen molar-refractivity contribution in [3.63, 3.8) is 0 Å². The average molecular weight is 559 g/mol. The number of nitrogens with zero attached hydrogens (tertiary/aromatic N) is 5. The van der Waals surface area contributed by atoms with Crippen molar-refractivity contribution >= 4 is 51.9 Å². The maximum atomic E-state index is 14.1. The van der Waals surface area contributed by atoms with Crippen LogP contribution in [0.5, 0.6) is 0 Å². The second-order valence-electron chi connectivity index (χ2n) is 10.8. The van der Waals surface area contributed by atoms with Crippen LogP contribution in [-0.2, 0) is 9.53 Å². The molecule has 4 heterocycles. The Morgan fingerprint density at radius 3 is 2.45 bits per heavy atom. The summed E-state index contributed by atoms with van der Waals surface area (Å²) < 4.78 is 5.69. The van der Waals surface area contributed by atoms with E-state index in [9.17, 15) is 9.59 Å². The molecule has 11 heteroatoms. The van der Waals surface area contributed by atoms with Crippen molar-refractivity contribution in [1.29, 1.82) is 0 Å². The van der Waals surface area contributed by atoms with E-state index in [1.807, 2.05) is 37.8 Å². The van der Waals surface area contributed by atoms with Gasteiger partial charge in [-0.15, -0.1) is 0 Å². The Kier molecular flexibility index (Phi) is 7.42. The first-order chi connectivity index (χ1) is 18.1. The minimum absolute atomic E-state index is 0.00159. The minimum Gasteiger partial charge on any atom is -0.444 e. The monoisotopic (exact) mass is 558 g/mol. The quantitative estimate of drug-likeness (QED) is 0.478. The van der Waals surface area contributed by atoms with Crippen molar-refractivity contribution in [3.8, 4) is 0 Å². The second kappa shape index (κ2) is 10.6. The fourth-order valence-corrected chi connectivity index (χ4v) is 5.81. The number of carbonyl (C=O) groups is 2. The lowest BCUT2D eigenvalue weighted by molar-refractivity contribution is -0.134. The number of aromatic amines is 1. The van der Waals surface area contributed by atoms with Gasteiger partial charge >= 0.3 is 6.09 Å². The first-order valence-corrected chi connectivity index (χ1v) is 13.6. The van der Waals surface area contributed by atoms with Gasteiger partial charge in [-0.25, -0.2) is 9.78 Å². The molecule has 0 saturated carbocycles. The zero-order valence-electron chi connectivity index (χ0n) is 21.8. The second-order valence-corrected chi connectivity index (χ2v) is 11.7. The number of anilines is 1. The largest absolute Gasteiger partial charge is 0.444 e. The van der Waals surface area contributed by atoms with E-state index < -0.39 is 11.5 Å². The SMILES string of the molecule is CC(C)(C)OC(=O)N1CCCC1C(C(=O)N1CCN(c2c(Cl)cnc3[nH]ncc23)CC1)c1ccc(Cl)cc1. The number of nitrogens with one attached hydrogen (secondary N) is 1. The van der Waals surface area contributed by atoms with E-state index in [0.29, 0.717) is 48.4 Å². The normalized spacial score (nSPS) is 19.2. The highest BCUT2D eigenvalue weighted by atomic mass is 35.5. The number of likely N-dealkylation sites (tertiary alicyclic amines) is 1. The number of aromatic nitrogens is 3. The molecule has 1 N–H and O–H groups in total. The summed E-state index contributed by atoms with van der Waals surface area (Å²) in [5.41, 5.74) is 1.78. The molecule has 5 rings (SSSR count). The fourth-order valence-electron chi connectivity index (χ4n) is 5.42. The van der Waals surface area contributed by atoms with Crippen molar-refractivity contribution in [2.45, 2.75) is 51.2 Å². The molecule has 2 saturated heterocycles. The van der Waals surface area contributed by atoms with Gasteiger partial charge in [0.1, 0.15) is 5.60 Å². The zero-order chi connectivity index (χ0) is 27.0. The zero-order valence-corrected chi connectivity index (χ0v) is 23.3. The number of amides is 2. The Labute approximate surface area is 232 Å². The Balaban J connectivity index is 1.38. The Morgan fingerprint density at radius 2 is 1.76 bits per heavy atom. The van der Waals surface area contributed by atoms with Crippen LogP contribution in [0.1, 0.15) is 45.1 Å².